The molecule has 1 aromatic carbocycles. The molecular formula is C16H24N2. The van der Waals surface area contributed by atoms with Gasteiger partial charge in [-0.05, 0) is 55.8 Å². The van der Waals surface area contributed by atoms with Gasteiger partial charge in [0.1, 0.15) is 0 Å². The molecule has 3 rings (SSSR count). The molecule has 0 amide bonds. The summed E-state index contributed by atoms with van der Waals surface area (Å²) in [5.41, 5.74) is 9.27. The molecule has 2 aliphatic rings. The van der Waals surface area contributed by atoms with Crippen molar-refractivity contribution in [3.63, 3.8) is 0 Å². The van der Waals surface area contributed by atoms with Gasteiger partial charge in [-0.25, -0.2) is 0 Å². The van der Waals surface area contributed by atoms with Gasteiger partial charge >= 0.3 is 0 Å². The topological polar surface area (TPSA) is 38.0 Å². The molecule has 1 aromatic rings. The number of hydrogen-bond acceptors (Lipinski definition) is 2. The first kappa shape index (κ1) is 12.2. The Balaban J connectivity index is 1.76. The van der Waals surface area contributed by atoms with Crippen molar-refractivity contribution in [1.29, 1.82) is 0 Å². The van der Waals surface area contributed by atoms with E-state index in [2.05, 4.69) is 29.6 Å². The van der Waals surface area contributed by atoms with E-state index in [9.17, 15) is 0 Å². The molecule has 98 valence electrons. The Labute approximate surface area is 110 Å². The molecule has 1 heterocycles. The first-order valence-corrected chi connectivity index (χ1v) is 7.35. The van der Waals surface area contributed by atoms with E-state index in [1.165, 1.54) is 56.3 Å². The van der Waals surface area contributed by atoms with Gasteiger partial charge in [0.25, 0.3) is 0 Å². The minimum absolute atomic E-state index is 0.312. The van der Waals surface area contributed by atoms with Crippen molar-refractivity contribution in [2.45, 2.75) is 43.4 Å². The molecule has 0 atom stereocenters. The van der Waals surface area contributed by atoms with Gasteiger partial charge in [-0.3, -0.25) is 0 Å². The summed E-state index contributed by atoms with van der Waals surface area (Å²) in [6, 6.07) is 9.37. The highest BCUT2D eigenvalue weighted by Gasteiger charge is 2.37. The van der Waals surface area contributed by atoms with Crippen LogP contribution in [0.5, 0.6) is 0 Å². The Morgan fingerprint density at radius 1 is 1.11 bits per heavy atom. The number of hydrogen-bond donors (Lipinski definition) is 2. The number of piperidine rings is 1. The molecule has 0 aromatic heterocycles. The Morgan fingerprint density at radius 3 is 2.28 bits per heavy atom. The van der Waals surface area contributed by atoms with Gasteiger partial charge in [-0.1, -0.05) is 30.7 Å². The molecule has 0 spiro atoms. The summed E-state index contributed by atoms with van der Waals surface area (Å²) in [6.07, 6.45) is 6.45. The number of nitrogens with two attached hydrogens (primary N) is 1. The lowest BCUT2D eigenvalue weighted by Gasteiger charge is -2.41. The van der Waals surface area contributed by atoms with E-state index < -0.39 is 0 Å². The Bertz CT molecular complexity index is 381. The van der Waals surface area contributed by atoms with Crippen molar-refractivity contribution in [1.82, 2.24) is 5.32 Å². The predicted octanol–water partition coefficient (Wildman–Crippen LogP) is 2.53. The fourth-order valence-corrected chi connectivity index (χ4v) is 3.48. The van der Waals surface area contributed by atoms with Gasteiger partial charge in [0.05, 0.1) is 0 Å². The summed E-state index contributed by atoms with van der Waals surface area (Å²) in [4.78, 5) is 0. The number of rotatable bonds is 3. The van der Waals surface area contributed by atoms with E-state index >= 15 is 0 Å². The van der Waals surface area contributed by atoms with Crippen LogP contribution >= 0.6 is 0 Å². The van der Waals surface area contributed by atoms with Crippen LogP contribution in [0.3, 0.4) is 0 Å². The van der Waals surface area contributed by atoms with Crippen LogP contribution in [0, 0.1) is 0 Å². The van der Waals surface area contributed by atoms with Gasteiger partial charge in [0.15, 0.2) is 0 Å². The molecule has 1 aliphatic heterocycles. The van der Waals surface area contributed by atoms with Crippen molar-refractivity contribution < 1.29 is 0 Å². The number of benzene rings is 1. The molecule has 1 saturated heterocycles. The van der Waals surface area contributed by atoms with Gasteiger partial charge < -0.3 is 11.1 Å². The third kappa shape index (κ3) is 2.08. The van der Waals surface area contributed by atoms with Crippen LogP contribution in [0.15, 0.2) is 24.3 Å². The van der Waals surface area contributed by atoms with E-state index in [4.69, 9.17) is 5.73 Å². The second-order valence-electron chi connectivity index (χ2n) is 5.98. The molecule has 0 bridgehead atoms. The lowest BCUT2D eigenvalue weighted by molar-refractivity contribution is 0.253. The van der Waals surface area contributed by atoms with Gasteiger partial charge in [0.2, 0.25) is 0 Å². The van der Waals surface area contributed by atoms with Crippen molar-refractivity contribution in [3.8, 4) is 0 Å². The molecule has 2 heteroatoms. The molecule has 0 radical (unpaired) electrons. The molecule has 3 N–H and O–H groups in total. The zero-order chi connectivity index (χ0) is 12.4. The summed E-state index contributed by atoms with van der Waals surface area (Å²) in [7, 11) is 0. The summed E-state index contributed by atoms with van der Waals surface area (Å²) < 4.78 is 0. The highest BCUT2D eigenvalue weighted by Crippen LogP contribution is 2.43. The van der Waals surface area contributed by atoms with E-state index in [0.29, 0.717) is 5.41 Å². The Hall–Kier alpha value is -0.860. The van der Waals surface area contributed by atoms with E-state index in [1.807, 2.05) is 0 Å². The van der Waals surface area contributed by atoms with Crippen LogP contribution in [-0.4, -0.2) is 19.6 Å². The van der Waals surface area contributed by atoms with Crippen LogP contribution in [0.4, 0.5) is 0 Å². The maximum atomic E-state index is 5.97. The molecule has 2 fully saturated rings. The Kier molecular flexibility index (Phi) is 3.40. The largest absolute Gasteiger partial charge is 0.330 e. The lowest BCUT2D eigenvalue weighted by atomic mass is 9.64. The fourth-order valence-electron chi connectivity index (χ4n) is 3.48. The monoisotopic (exact) mass is 244 g/mol. The number of nitrogens with one attached hydrogen (secondary N) is 1. The first-order valence-electron chi connectivity index (χ1n) is 7.35. The molecule has 1 aliphatic carbocycles. The maximum Gasteiger partial charge on any atom is 0.00755 e. The molecule has 0 unspecified atom stereocenters. The third-order valence-corrected chi connectivity index (χ3v) is 5.04. The normalized spacial score (nSPS) is 23.6. The van der Waals surface area contributed by atoms with Crippen molar-refractivity contribution in [2.24, 2.45) is 5.73 Å². The quantitative estimate of drug-likeness (QED) is 0.857. The second kappa shape index (κ2) is 5.02. The molecule has 1 saturated carbocycles. The average molecular weight is 244 g/mol. The smallest absolute Gasteiger partial charge is 0.00755 e. The summed E-state index contributed by atoms with van der Waals surface area (Å²) >= 11 is 0. The second-order valence-corrected chi connectivity index (χ2v) is 5.98. The summed E-state index contributed by atoms with van der Waals surface area (Å²) in [5.74, 6) is 0.760. The van der Waals surface area contributed by atoms with E-state index in [-0.39, 0.29) is 0 Å². The summed E-state index contributed by atoms with van der Waals surface area (Å²) in [6.45, 7) is 3.14. The highest BCUT2D eigenvalue weighted by atomic mass is 14.9. The van der Waals surface area contributed by atoms with Crippen LogP contribution in [0.1, 0.15) is 49.1 Å². The van der Waals surface area contributed by atoms with Gasteiger partial charge in [0, 0.05) is 12.0 Å². The Morgan fingerprint density at radius 2 is 1.78 bits per heavy atom. The predicted molar refractivity (Wildman–Crippen MR) is 75.9 cm³/mol. The first-order chi connectivity index (χ1) is 8.84. The van der Waals surface area contributed by atoms with Crippen LogP contribution in [0.2, 0.25) is 0 Å². The lowest BCUT2D eigenvalue weighted by Crippen LogP contribution is -2.41. The van der Waals surface area contributed by atoms with Crippen molar-refractivity contribution >= 4 is 0 Å². The molecule has 18 heavy (non-hydrogen) atoms. The zero-order valence-electron chi connectivity index (χ0n) is 11.1. The van der Waals surface area contributed by atoms with Crippen LogP contribution < -0.4 is 11.1 Å². The zero-order valence-corrected chi connectivity index (χ0v) is 11.1. The van der Waals surface area contributed by atoms with Gasteiger partial charge in [-0.2, -0.15) is 0 Å². The van der Waals surface area contributed by atoms with E-state index in [0.717, 1.165) is 12.5 Å². The highest BCUT2D eigenvalue weighted by molar-refractivity contribution is 5.33. The van der Waals surface area contributed by atoms with Crippen LogP contribution in [0.25, 0.3) is 0 Å². The van der Waals surface area contributed by atoms with Crippen molar-refractivity contribution in [3.05, 3.63) is 35.4 Å². The standard InChI is InChI=1S/C16H24N2/c17-12-16(8-1-9-16)15-4-2-13(3-5-15)14-6-10-18-11-7-14/h2-5,14,18H,1,6-12,17H2. The maximum absolute atomic E-state index is 5.97. The van der Waals surface area contributed by atoms with Crippen LogP contribution in [-0.2, 0) is 5.41 Å². The van der Waals surface area contributed by atoms with Gasteiger partial charge in [-0.15, -0.1) is 0 Å². The minimum Gasteiger partial charge on any atom is -0.330 e. The summed E-state index contributed by atoms with van der Waals surface area (Å²) in [5, 5.41) is 3.43. The SMILES string of the molecule is NCC1(c2ccc(C3CCNCC3)cc2)CCC1. The average Bonchev–Trinajstić information content (AvgIpc) is 2.40. The molecular weight excluding hydrogens is 220 g/mol. The van der Waals surface area contributed by atoms with E-state index in [1.54, 1.807) is 0 Å². The fraction of sp³-hybridized carbons (Fsp3) is 0.625. The molecule has 2 nitrogen and oxygen atoms in total. The third-order valence-electron chi connectivity index (χ3n) is 5.04. The minimum atomic E-state index is 0.312. The van der Waals surface area contributed by atoms with Crippen molar-refractivity contribution in [2.75, 3.05) is 19.6 Å².